The van der Waals surface area contributed by atoms with Gasteiger partial charge in [0.15, 0.2) is 5.78 Å². The summed E-state index contributed by atoms with van der Waals surface area (Å²) < 4.78 is 0. The third-order valence-electron chi connectivity index (χ3n) is 5.25. The number of hydrogen-bond acceptors (Lipinski definition) is 3. The summed E-state index contributed by atoms with van der Waals surface area (Å²) in [5.74, 6) is 0.201. The van der Waals surface area contributed by atoms with Crippen LogP contribution in [0.15, 0.2) is 59.5 Å². The summed E-state index contributed by atoms with van der Waals surface area (Å²) in [5, 5.41) is 0.541. The standard InChI is InChI=1S/C23H29NOS/c1-18(2)26-21-14-12-19(13-15-21)22(25)23(3,20-10-6-4-7-11-20)24-16-8-5-9-17-24/h4,6-7,10-15,18H,5,8-9,16-17H2,1-3H3. The second-order valence-electron chi connectivity index (χ2n) is 7.51. The highest BCUT2D eigenvalue weighted by atomic mass is 32.2. The van der Waals surface area contributed by atoms with Crippen molar-refractivity contribution in [2.75, 3.05) is 13.1 Å². The molecule has 26 heavy (non-hydrogen) atoms. The van der Waals surface area contributed by atoms with Crippen molar-refractivity contribution in [3.8, 4) is 0 Å². The highest BCUT2D eigenvalue weighted by molar-refractivity contribution is 7.99. The van der Waals surface area contributed by atoms with Crippen LogP contribution in [0.2, 0.25) is 0 Å². The molecule has 138 valence electrons. The Morgan fingerprint density at radius 1 is 0.962 bits per heavy atom. The quantitative estimate of drug-likeness (QED) is 0.477. The molecular weight excluding hydrogens is 338 g/mol. The fourth-order valence-corrected chi connectivity index (χ4v) is 4.64. The molecule has 0 radical (unpaired) electrons. The van der Waals surface area contributed by atoms with E-state index in [-0.39, 0.29) is 5.78 Å². The second kappa shape index (κ2) is 8.41. The number of ketones is 1. The monoisotopic (exact) mass is 367 g/mol. The molecule has 0 aromatic heterocycles. The number of benzene rings is 2. The predicted octanol–water partition coefficient (Wildman–Crippen LogP) is 5.77. The average molecular weight is 368 g/mol. The first-order valence-electron chi connectivity index (χ1n) is 9.64. The number of thioether (sulfide) groups is 1. The number of rotatable bonds is 6. The Morgan fingerprint density at radius 3 is 2.15 bits per heavy atom. The highest BCUT2D eigenvalue weighted by Crippen LogP contribution is 2.35. The lowest BCUT2D eigenvalue weighted by molar-refractivity contribution is 0.0509. The molecule has 3 heteroatoms. The summed E-state index contributed by atoms with van der Waals surface area (Å²) in [5.41, 5.74) is 1.29. The minimum atomic E-state index is -0.603. The Bertz CT molecular complexity index is 720. The lowest BCUT2D eigenvalue weighted by Crippen LogP contribution is -2.51. The molecule has 1 fully saturated rings. The third-order valence-corrected chi connectivity index (χ3v) is 6.27. The largest absolute Gasteiger partial charge is 0.292 e. The van der Waals surface area contributed by atoms with E-state index in [0.717, 1.165) is 24.2 Å². The molecule has 1 aliphatic heterocycles. The van der Waals surface area contributed by atoms with E-state index >= 15 is 0 Å². The number of carbonyl (C=O) groups excluding carboxylic acids is 1. The number of Topliss-reactive ketones (excluding diaryl/α,β-unsaturated/α-hetero) is 1. The van der Waals surface area contributed by atoms with E-state index in [0.29, 0.717) is 5.25 Å². The van der Waals surface area contributed by atoms with Gasteiger partial charge in [0.2, 0.25) is 0 Å². The van der Waals surface area contributed by atoms with Crippen LogP contribution in [0.3, 0.4) is 0 Å². The van der Waals surface area contributed by atoms with Gasteiger partial charge in [-0.25, -0.2) is 0 Å². The minimum Gasteiger partial charge on any atom is -0.292 e. The summed E-state index contributed by atoms with van der Waals surface area (Å²) >= 11 is 1.83. The lowest BCUT2D eigenvalue weighted by atomic mass is 9.81. The maximum absolute atomic E-state index is 13.7. The van der Waals surface area contributed by atoms with Crippen molar-refractivity contribution in [1.29, 1.82) is 0 Å². The molecule has 1 saturated heterocycles. The normalized spacial score (nSPS) is 17.8. The first kappa shape index (κ1) is 19.2. The lowest BCUT2D eigenvalue weighted by Gasteiger charge is -2.42. The molecule has 0 bridgehead atoms. The molecule has 3 rings (SSSR count). The van der Waals surface area contributed by atoms with Crippen molar-refractivity contribution in [1.82, 2.24) is 4.90 Å². The summed E-state index contributed by atoms with van der Waals surface area (Å²) in [4.78, 5) is 17.2. The Morgan fingerprint density at radius 2 is 1.58 bits per heavy atom. The van der Waals surface area contributed by atoms with E-state index in [4.69, 9.17) is 0 Å². The van der Waals surface area contributed by atoms with Crippen molar-refractivity contribution < 1.29 is 4.79 Å². The highest BCUT2D eigenvalue weighted by Gasteiger charge is 2.41. The second-order valence-corrected chi connectivity index (χ2v) is 9.16. The van der Waals surface area contributed by atoms with E-state index < -0.39 is 5.54 Å². The van der Waals surface area contributed by atoms with Crippen LogP contribution in [0.4, 0.5) is 0 Å². The predicted molar refractivity (Wildman–Crippen MR) is 111 cm³/mol. The summed E-state index contributed by atoms with van der Waals surface area (Å²) in [6.07, 6.45) is 3.59. The molecule has 2 nitrogen and oxygen atoms in total. The van der Waals surface area contributed by atoms with Gasteiger partial charge in [-0.1, -0.05) is 62.7 Å². The van der Waals surface area contributed by atoms with Crippen LogP contribution >= 0.6 is 11.8 Å². The van der Waals surface area contributed by atoms with Crippen molar-refractivity contribution in [2.24, 2.45) is 0 Å². The summed E-state index contributed by atoms with van der Waals surface area (Å²) in [6, 6.07) is 18.4. The van der Waals surface area contributed by atoms with Gasteiger partial charge in [0.05, 0.1) is 0 Å². The molecule has 0 spiro atoms. The summed E-state index contributed by atoms with van der Waals surface area (Å²) in [6.45, 7) is 8.45. The van der Waals surface area contributed by atoms with E-state index in [1.807, 2.05) is 42.1 Å². The van der Waals surface area contributed by atoms with Crippen LogP contribution in [0.25, 0.3) is 0 Å². The van der Waals surface area contributed by atoms with Crippen LogP contribution in [-0.2, 0) is 5.54 Å². The number of carbonyl (C=O) groups is 1. The molecular formula is C23H29NOS. The van der Waals surface area contributed by atoms with Gasteiger partial charge < -0.3 is 0 Å². The number of likely N-dealkylation sites (tertiary alicyclic amines) is 1. The van der Waals surface area contributed by atoms with E-state index in [1.165, 1.54) is 24.2 Å². The van der Waals surface area contributed by atoms with Crippen molar-refractivity contribution >= 4 is 17.5 Å². The Hall–Kier alpha value is -1.58. The van der Waals surface area contributed by atoms with E-state index in [9.17, 15) is 4.79 Å². The van der Waals surface area contributed by atoms with Crippen molar-refractivity contribution in [3.05, 3.63) is 65.7 Å². The number of piperidine rings is 1. The first-order chi connectivity index (χ1) is 12.5. The van der Waals surface area contributed by atoms with E-state index in [1.54, 1.807) is 0 Å². The number of hydrogen-bond donors (Lipinski definition) is 0. The molecule has 2 aromatic carbocycles. The molecule has 2 aromatic rings. The van der Waals surface area contributed by atoms with Gasteiger partial charge in [0.25, 0.3) is 0 Å². The molecule has 1 heterocycles. The molecule has 1 atom stereocenters. The van der Waals surface area contributed by atoms with Crippen LogP contribution in [0, 0.1) is 0 Å². The molecule has 1 aliphatic rings. The average Bonchev–Trinajstić information content (AvgIpc) is 2.68. The van der Waals surface area contributed by atoms with Crippen LogP contribution in [0.1, 0.15) is 56.0 Å². The Balaban J connectivity index is 1.94. The first-order valence-corrected chi connectivity index (χ1v) is 10.5. The van der Waals surface area contributed by atoms with Gasteiger partial charge in [-0.15, -0.1) is 11.8 Å². The van der Waals surface area contributed by atoms with Crippen molar-refractivity contribution in [3.63, 3.8) is 0 Å². The SMILES string of the molecule is CC(C)Sc1ccc(C(=O)C(C)(c2ccccc2)N2CCCCC2)cc1. The molecule has 1 unspecified atom stereocenters. The van der Waals surface area contributed by atoms with Gasteiger partial charge in [0, 0.05) is 15.7 Å². The minimum absolute atomic E-state index is 0.201. The van der Waals surface area contributed by atoms with Gasteiger partial charge in [-0.05, 0) is 50.6 Å². The zero-order valence-electron chi connectivity index (χ0n) is 16.1. The zero-order chi connectivity index (χ0) is 18.6. The maximum Gasteiger partial charge on any atom is 0.187 e. The summed E-state index contributed by atoms with van der Waals surface area (Å²) in [7, 11) is 0. The molecule has 0 N–H and O–H groups in total. The van der Waals surface area contributed by atoms with Crippen LogP contribution < -0.4 is 0 Å². The smallest absolute Gasteiger partial charge is 0.187 e. The maximum atomic E-state index is 13.7. The molecule has 0 aliphatic carbocycles. The number of nitrogens with zero attached hydrogens (tertiary/aromatic N) is 1. The fourth-order valence-electron chi connectivity index (χ4n) is 3.80. The van der Waals surface area contributed by atoms with E-state index in [2.05, 4.69) is 49.9 Å². The van der Waals surface area contributed by atoms with Gasteiger partial charge in [0.1, 0.15) is 5.54 Å². The Kier molecular flexibility index (Phi) is 6.20. The Labute approximate surface area is 162 Å². The molecule has 0 amide bonds. The fraction of sp³-hybridized carbons (Fsp3) is 0.435. The van der Waals surface area contributed by atoms with Gasteiger partial charge in [-0.2, -0.15) is 0 Å². The third kappa shape index (κ3) is 4.05. The van der Waals surface area contributed by atoms with Crippen molar-refractivity contribution in [2.45, 2.75) is 55.7 Å². The topological polar surface area (TPSA) is 20.3 Å². The zero-order valence-corrected chi connectivity index (χ0v) is 16.9. The van der Waals surface area contributed by atoms with Gasteiger partial charge in [-0.3, -0.25) is 9.69 Å². The van der Waals surface area contributed by atoms with Crippen LogP contribution in [-0.4, -0.2) is 29.0 Å². The van der Waals surface area contributed by atoms with Crippen LogP contribution in [0.5, 0.6) is 0 Å². The van der Waals surface area contributed by atoms with Gasteiger partial charge >= 0.3 is 0 Å². The molecule has 0 saturated carbocycles.